The van der Waals surface area contributed by atoms with Crippen molar-refractivity contribution in [1.29, 1.82) is 0 Å². The molecule has 0 nitrogen and oxygen atoms in total. The minimum Gasteiger partial charge on any atom is -0.207 e. The molecule has 0 bridgehead atoms. The summed E-state index contributed by atoms with van der Waals surface area (Å²) in [7, 11) is 0. The second-order valence-corrected chi connectivity index (χ2v) is 5.99. The lowest BCUT2D eigenvalue weighted by atomic mass is 9.81. The van der Waals surface area contributed by atoms with Gasteiger partial charge in [-0.15, -0.1) is 0 Å². The van der Waals surface area contributed by atoms with E-state index in [0.717, 1.165) is 35.5 Å². The Hall–Kier alpha value is 0.400. The Morgan fingerprint density at radius 2 is 1.94 bits per heavy atom. The first-order valence-electron chi connectivity index (χ1n) is 5.63. The van der Waals surface area contributed by atoms with Gasteiger partial charge < -0.3 is 0 Å². The molecule has 1 aromatic rings. The van der Waals surface area contributed by atoms with Crippen LogP contribution in [-0.2, 0) is 6.42 Å². The maximum absolute atomic E-state index is 13.8. The molecule has 4 heteroatoms. The number of benzene rings is 1. The summed E-state index contributed by atoms with van der Waals surface area (Å²) in [6.07, 6.45) is 2.87. The van der Waals surface area contributed by atoms with Crippen molar-refractivity contribution < 1.29 is 4.39 Å². The molecule has 0 saturated carbocycles. The number of hydrogen-bond acceptors (Lipinski definition) is 0. The molecule has 0 spiro atoms. The van der Waals surface area contributed by atoms with Gasteiger partial charge >= 0.3 is 0 Å². The number of halogens is 4. The summed E-state index contributed by atoms with van der Waals surface area (Å²) in [5.74, 6) is -0.208. The maximum Gasteiger partial charge on any atom is 0.127 e. The molecule has 96 valence electrons. The van der Waals surface area contributed by atoms with E-state index in [0.29, 0.717) is 5.02 Å². The molecule has 0 atom stereocenters. The zero-order valence-corrected chi connectivity index (χ0v) is 13.7. The molecule has 0 unspecified atom stereocenters. The van der Waals surface area contributed by atoms with Crippen molar-refractivity contribution >= 4 is 43.5 Å². The van der Waals surface area contributed by atoms with Crippen molar-refractivity contribution in [3.63, 3.8) is 0 Å². The zero-order valence-electron chi connectivity index (χ0n) is 9.78. The fourth-order valence-corrected chi connectivity index (χ4v) is 4.00. The van der Waals surface area contributed by atoms with Crippen LogP contribution in [0.5, 0.6) is 0 Å². The first kappa shape index (κ1) is 15.5. The molecule has 0 fully saturated rings. The summed E-state index contributed by atoms with van der Waals surface area (Å²) in [5, 5.41) is 2.17. The summed E-state index contributed by atoms with van der Waals surface area (Å²) in [5.41, 5.74) is 0.811. The van der Waals surface area contributed by atoms with Crippen LogP contribution in [0.1, 0.15) is 25.3 Å². The molecule has 0 saturated heterocycles. The Bertz CT molecular complexity index is 364. The largest absolute Gasteiger partial charge is 0.207 e. The topological polar surface area (TPSA) is 0 Å². The molecule has 0 aromatic heterocycles. The number of alkyl halides is 2. The first-order valence-corrected chi connectivity index (χ1v) is 8.25. The van der Waals surface area contributed by atoms with Crippen LogP contribution in [0.3, 0.4) is 0 Å². The van der Waals surface area contributed by atoms with Gasteiger partial charge in [-0.3, -0.25) is 0 Å². The third-order valence-electron chi connectivity index (χ3n) is 2.93. The number of rotatable bonds is 6. The van der Waals surface area contributed by atoms with E-state index >= 15 is 0 Å². The second-order valence-electron chi connectivity index (χ2n) is 4.43. The lowest BCUT2D eigenvalue weighted by Gasteiger charge is -2.30. The molecule has 0 N–H and O–H groups in total. The molecule has 1 aromatic carbocycles. The van der Waals surface area contributed by atoms with Crippen molar-refractivity contribution in [2.45, 2.75) is 26.2 Å². The minimum atomic E-state index is -0.208. The van der Waals surface area contributed by atoms with Crippen LogP contribution >= 0.6 is 43.5 Å². The average Bonchev–Trinajstić information content (AvgIpc) is 2.32. The Labute approximate surface area is 124 Å². The van der Waals surface area contributed by atoms with E-state index in [4.69, 9.17) is 11.6 Å². The SMILES string of the molecule is CCCC(CBr)(CBr)Cc1ccc(Cl)cc1F. The normalized spacial score (nSPS) is 11.8. The predicted molar refractivity (Wildman–Crippen MR) is 80.0 cm³/mol. The maximum atomic E-state index is 13.8. The number of hydrogen-bond donors (Lipinski definition) is 0. The van der Waals surface area contributed by atoms with Crippen LogP contribution in [0.15, 0.2) is 18.2 Å². The average molecular weight is 387 g/mol. The van der Waals surface area contributed by atoms with Gasteiger partial charge in [0, 0.05) is 15.7 Å². The van der Waals surface area contributed by atoms with Crippen molar-refractivity contribution in [3.05, 3.63) is 34.6 Å². The van der Waals surface area contributed by atoms with Gasteiger partial charge in [0.2, 0.25) is 0 Å². The molecular formula is C13H16Br2ClF. The third kappa shape index (κ3) is 4.22. The Morgan fingerprint density at radius 1 is 1.29 bits per heavy atom. The summed E-state index contributed by atoms with van der Waals surface area (Å²) < 4.78 is 13.8. The standard InChI is InChI=1S/C13H16Br2ClF/c1-2-5-13(8-14,9-15)7-10-3-4-11(16)6-12(10)17/h3-4,6H,2,5,7-9H2,1H3. The molecule has 0 radical (unpaired) electrons. The van der Waals surface area contributed by atoms with Gasteiger partial charge in [0.15, 0.2) is 0 Å². The lowest BCUT2D eigenvalue weighted by molar-refractivity contribution is 0.346. The molecule has 0 amide bonds. The zero-order chi connectivity index (χ0) is 12.9. The highest BCUT2D eigenvalue weighted by molar-refractivity contribution is 9.09. The molecular weight excluding hydrogens is 370 g/mol. The van der Waals surface area contributed by atoms with Crippen LogP contribution in [0.4, 0.5) is 4.39 Å². The summed E-state index contributed by atoms with van der Waals surface area (Å²) in [6, 6.07) is 4.92. The first-order chi connectivity index (χ1) is 8.06. The van der Waals surface area contributed by atoms with Crippen molar-refractivity contribution in [2.75, 3.05) is 10.7 Å². The third-order valence-corrected chi connectivity index (χ3v) is 5.54. The monoisotopic (exact) mass is 384 g/mol. The van der Waals surface area contributed by atoms with Crippen LogP contribution in [0.25, 0.3) is 0 Å². The Kier molecular flexibility index (Phi) is 6.46. The molecule has 17 heavy (non-hydrogen) atoms. The molecule has 0 aliphatic rings. The van der Waals surface area contributed by atoms with Gasteiger partial charge in [-0.25, -0.2) is 4.39 Å². The van der Waals surface area contributed by atoms with Gasteiger partial charge in [-0.05, 0) is 36.0 Å². The van der Waals surface area contributed by atoms with E-state index < -0.39 is 0 Å². The van der Waals surface area contributed by atoms with E-state index in [-0.39, 0.29) is 11.2 Å². The highest BCUT2D eigenvalue weighted by Crippen LogP contribution is 2.34. The molecule has 0 aliphatic carbocycles. The van der Waals surface area contributed by atoms with Gasteiger partial charge in [-0.2, -0.15) is 0 Å². The molecule has 0 aliphatic heterocycles. The summed E-state index contributed by atoms with van der Waals surface area (Å²) in [4.78, 5) is 0. The minimum absolute atomic E-state index is 0.0728. The van der Waals surface area contributed by atoms with Gasteiger partial charge in [0.05, 0.1) is 0 Å². The molecule has 1 rings (SSSR count). The lowest BCUT2D eigenvalue weighted by Crippen LogP contribution is -2.28. The van der Waals surface area contributed by atoms with Crippen LogP contribution in [-0.4, -0.2) is 10.7 Å². The molecule has 0 heterocycles. The second kappa shape index (κ2) is 7.10. The smallest absolute Gasteiger partial charge is 0.127 e. The Balaban J connectivity index is 2.92. The van der Waals surface area contributed by atoms with Crippen molar-refractivity contribution in [3.8, 4) is 0 Å². The van der Waals surface area contributed by atoms with Crippen molar-refractivity contribution in [1.82, 2.24) is 0 Å². The summed E-state index contributed by atoms with van der Waals surface area (Å²) >= 11 is 12.9. The highest BCUT2D eigenvalue weighted by atomic mass is 79.9. The fourth-order valence-electron chi connectivity index (χ4n) is 1.95. The summed E-state index contributed by atoms with van der Waals surface area (Å²) in [6.45, 7) is 2.15. The predicted octanol–water partition coefficient (Wildman–Crippen LogP) is 5.60. The van der Waals surface area contributed by atoms with Crippen molar-refractivity contribution in [2.24, 2.45) is 5.41 Å². The van der Waals surface area contributed by atoms with E-state index in [2.05, 4.69) is 38.8 Å². The quantitative estimate of drug-likeness (QED) is 0.559. The Morgan fingerprint density at radius 3 is 2.41 bits per heavy atom. The van der Waals surface area contributed by atoms with E-state index in [1.807, 2.05) is 0 Å². The van der Waals surface area contributed by atoms with Crippen LogP contribution < -0.4 is 0 Å². The van der Waals surface area contributed by atoms with E-state index in [1.54, 1.807) is 12.1 Å². The van der Waals surface area contributed by atoms with Gasteiger partial charge in [0.1, 0.15) is 5.82 Å². The fraction of sp³-hybridized carbons (Fsp3) is 0.538. The van der Waals surface area contributed by atoms with E-state index in [9.17, 15) is 4.39 Å². The van der Waals surface area contributed by atoms with Crippen LogP contribution in [0.2, 0.25) is 5.02 Å². The van der Waals surface area contributed by atoms with Crippen LogP contribution in [0, 0.1) is 11.2 Å². The highest BCUT2D eigenvalue weighted by Gasteiger charge is 2.28. The van der Waals surface area contributed by atoms with E-state index in [1.165, 1.54) is 6.07 Å². The van der Waals surface area contributed by atoms with Gasteiger partial charge in [-0.1, -0.05) is 62.9 Å². The van der Waals surface area contributed by atoms with Gasteiger partial charge in [0.25, 0.3) is 0 Å².